The van der Waals surface area contributed by atoms with Gasteiger partial charge in [0.15, 0.2) is 5.84 Å². The minimum atomic E-state index is -0.685. The number of esters is 1. The van der Waals surface area contributed by atoms with E-state index >= 15 is 0 Å². The lowest BCUT2D eigenvalue weighted by Gasteiger charge is -2.26. The Bertz CT molecular complexity index is 1460. The predicted octanol–water partition coefficient (Wildman–Crippen LogP) is 3.82. The summed E-state index contributed by atoms with van der Waals surface area (Å²) < 4.78 is 11.2. The van der Waals surface area contributed by atoms with Crippen molar-refractivity contribution in [1.82, 2.24) is 5.32 Å². The summed E-state index contributed by atoms with van der Waals surface area (Å²) in [6, 6.07) is 10.0. The molecule has 0 heterocycles. The first kappa shape index (κ1) is 34.6. The zero-order valence-corrected chi connectivity index (χ0v) is 26.3. The average Bonchev–Trinajstić information content (AvgIpc) is 3.00. The van der Waals surface area contributed by atoms with E-state index in [0.29, 0.717) is 40.4 Å². The second-order valence-corrected chi connectivity index (χ2v) is 11.0. The fourth-order valence-corrected chi connectivity index (χ4v) is 4.77. The van der Waals surface area contributed by atoms with Crippen molar-refractivity contribution in [2.24, 2.45) is 22.7 Å². The Kier molecular flexibility index (Phi) is 12.5. The molecule has 7 N–H and O–H groups in total. The van der Waals surface area contributed by atoms with Gasteiger partial charge in [0, 0.05) is 41.7 Å². The molecular formula is C33H43N5O7. The second kappa shape index (κ2) is 16.3. The van der Waals surface area contributed by atoms with Crippen LogP contribution < -0.4 is 26.4 Å². The SMILES string of the molecule is CCOC(=O)CCc1c(CNC2=CC(C)C(C)C=C2C(=O)Nc2ccc(/C(N)=N/O)cc2)cc(NC(=O)CO)cc1OC(C)C. The van der Waals surface area contributed by atoms with Crippen LogP contribution in [0, 0.1) is 11.8 Å². The van der Waals surface area contributed by atoms with Crippen LogP contribution in [0.1, 0.15) is 57.7 Å². The Balaban J connectivity index is 1.93. The van der Waals surface area contributed by atoms with Gasteiger partial charge >= 0.3 is 5.97 Å². The van der Waals surface area contributed by atoms with E-state index in [9.17, 15) is 19.5 Å². The predicted molar refractivity (Wildman–Crippen MR) is 172 cm³/mol. The minimum Gasteiger partial charge on any atom is -0.491 e. The molecule has 12 nitrogen and oxygen atoms in total. The normalized spacial score (nSPS) is 16.4. The van der Waals surface area contributed by atoms with E-state index in [0.717, 1.165) is 11.1 Å². The quantitative estimate of drug-likeness (QED) is 0.0600. The van der Waals surface area contributed by atoms with E-state index in [1.165, 1.54) is 0 Å². The summed E-state index contributed by atoms with van der Waals surface area (Å²) in [5.41, 5.74) is 9.68. The molecule has 3 rings (SSSR count). The number of amides is 2. The van der Waals surface area contributed by atoms with E-state index < -0.39 is 12.5 Å². The van der Waals surface area contributed by atoms with Crippen LogP contribution in [-0.4, -0.2) is 53.3 Å². The summed E-state index contributed by atoms with van der Waals surface area (Å²) in [5.74, 6) is -0.551. The lowest BCUT2D eigenvalue weighted by Crippen LogP contribution is -2.28. The molecule has 45 heavy (non-hydrogen) atoms. The van der Waals surface area contributed by atoms with Gasteiger partial charge in [-0.25, -0.2) is 0 Å². The largest absolute Gasteiger partial charge is 0.491 e. The summed E-state index contributed by atoms with van der Waals surface area (Å²) >= 11 is 0. The van der Waals surface area contributed by atoms with Crippen molar-refractivity contribution in [3.05, 3.63) is 76.5 Å². The van der Waals surface area contributed by atoms with E-state index in [1.54, 1.807) is 43.3 Å². The maximum absolute atomic E-state index is 13.5. The lowest BCUT2D eigenvalue weighted by atomic mass is 9.86. The lowest BCUT2D eigenvalue weighted by molar-refractivity contribution is -0.143. The van der Waals surface area contributed by atoms with Gasteiger partial charge in [-0.05, 0) is 80.5 Å². The van der Waals surface area contributed by atoms with Gasteiger partial charge in [0.25, 0.3) is 5.91 Å². The minimum absolute atomic E-state index is 0.0383. The number of nitrogens with two attached hydrogens (primary N) is 1. The third kappa shape index (κ3) is 9.83. The first-order valence-electron chi connectivity index (χ1n) is 14.9. The molecule has 1 aliphatic carbocycles. The van der Waals surface area contributed by atoms with Crippen LogP contribution in [-0.2, 0) is 32.1 Å². The van der Waals surface area contributed by atoms with Crippen LogP contribution in [0.2, 0.25) is 0 Å². The Hall–Kier alpha value is -4.84. The number of allylic oxidation sites excluding steroid dienone is 2. The number of aliphatic hydroxyl groups is 1. The van der Waals surface area contributed by atoms with Gasteiger partial charge in [-0.2, -0.15) is 0 Å². The second-order valence-electron chi connectivity index (χ2n) is 11.0. The number of carbonyl (C=O) groups excluding carboxylic acids is 3. The summed E-state index contributed by atoms with van der Waals surface area (Å²) in [7, 11) is 0. The fourth-order valence-electron chi connectivity index (χ4n) is 4.77. The molecule has 2 atom stereocenters. The zero-order valence-electron chi connectivity index (χ0n) is 26.3. The number of hydrogen-bond acceptors (Lipinski definition) is 9. The number of amidine groups is 1. The Labute approximate surface area is 263 Å². The fraction of sp³-hybridized carbons (Fsp3) is 0.394. The summed E-state index contributed by atoms with van der Waals surface area (Å²) in [6.45, 7) is 9.42. The molecule has 0 bridgehead atoms. The number of oxime groups is 1. The highest BCUT2D eigenvalue weighted by molar-refractivity contribution is 6.07. The number of ether oxygens (including phenoxy) is 2. The van der Waals surface area contributed by atoms with Crippen molar-refractivity contribution >= 4 is 35.0 Å². The van der Waals surface area contributed by atoms with Crippen molar-refractivity contribution in [3.63, 3.8) is 0 Å². The highest BCUT2D eigenvalue weighted by Gasteiger charge is 2.24. The van der Waals surface area contributed by atoms with Gasteiger partial charge in [-0.3, -0.25) is 14.4 Å². The summed E-state index contributed by atoms with van der Waals surface area (Å²) in [6.07, 6.45) is 4.17. The van der Waals surface area contributed by atoms with Crippen LogP contribution in [0.25, 0.3) is 0 Å². The maximum Gasteiger partial charge on any atom is 0.306 e. The molecule has 0 fully saturated rings. The highest BCUT2D eigenvalue weighted by Crippen LogP contribution is 2.32. The zero-order chi connectivity index (χ0) is 33.1. The Morgan fingerprint density at radius 2 is 1.71 bits per heavy atom. The number of aliphatic hydroxyl groups excluding tert-OH is 1. The molecule has 2 aromatic rings. The van der Waals surface area contributed by atoms with Crippen molar-refractivity contribution in [3.8, 4) is 5.75 Å². The molecule has 2 unspecified atom stereocenters. The van der Waals surface area contributed by atoms with Crippen LogP contribution in [0.5, 0.6) is 5.75 Å². The van der Waals surface area contributed by atoms with Crippen molar-refractivity contribution in [2.45, 2.75) is 60.1 Å². The van der Waals surface area contributed by atoms with Crippen LogP contribution in [0.15, 0.2) is 65.0 Å². The maximum atomic E-state index is 13.5. The number of rotatable bonds is 14. The first-order valence-corrected chi connectivity index (χ1v) is 14.9. The molecule has 12 heteroatoms. The molecular weight excluding hydrogens is 578 g/mol. The molecule has 0 aromatic heterocycles. The third-order valence-corrected chi connectivity index (χ3v) is 7.21. The van der Waals surface area contributed by atoms with Gasteiger partial charge < -0.3 is 41.5 Å². The molecule has 242 valence electrons. The molecule has 0 saturated heterocycles. The van der Waals surface area contributed by atoms with Crippen molar-refractivity contribution < 1.29 is 34.2 Å². The Morgan fingerprint density at radius 3 is 2.33 bits per heavy atom. The molecule has 0 spiro atoms. The number of benzene rings is 2. The van der Waals surface area contributed by atoms with Gasteiger partial charge in [0.05, 0.1) is 18.3 Å². The van der Waals surface area contributed by atoms with E-state index in [-0.39, 0.29) is 55.2 Å². The molecule has 1 aliphatic rings. The average molecular weight is 622 g/mol. The Morgan fingerprint density at radius 1 is 1.02 bits per heavy atom. The van der Waals surface area contributed by atoms with Crippen LogP contribution in [0.3, 0.4) is 0 Å². The van der Waals surface area contributed by atoms with E-state index in [2.05, 4.69) is 28.0 Å². The molecule has 0 radical (unpaired) electrons. The van der Waals surface area contributed by atoms with Gasteiger partial charge in [-0.1, -0.05) is 31.2 Å². The van der Waals surface area contributed by atoms with Gasteiger partial charge in [-0.15, -0.1) is 0 Å². The monoisotopic (exact) mass is 621 g/mol. The van der Waals surface area contributed by atoms with Crippen LogP contribution in [0.4, 0.5) is 11.4 Å². The van der Waals surface area contributed by atoms with Gasteiger partial charge in [0.2, 0.25) is 5.91 Å². The molecule has 0 saturated carbocycles. The summed E-state index contributed by atoms with van der Waals surface area (Å²) in [4.78, 5) is 37.8. The smallest absolute Gasteiger partial charge is 0.306 e. The number of carbonyl (C=O) groups is 3. The summed E-state index contributed by atoms with van der Waals surface area (Å²) in [5, 5.41) is 30.2. The highest BCUT2D eigenvalue weighted by atomic mass is 16.5. The van der Waals surface area contributed by atoms with Crippen molar-refractivity contribution in [1.29, 1.82) is 0 Å². The molecule has 0 aliphatic heterocycles. The van der Waals surface area contributed by atoms with E-state index in [4.69, 9.17) is 20.4 Å². The number of hydrogen-bond donors (Lipinski definition) is 6. The number of nitrogens with zero attached hydrogens (tertiary/aromatic N) is 1. The number of nitrogens with one attached hydrogen (secondary N) is 3. The topological polar surface area (TPSA) is 185 Å². The van der Waals surface area contributed by atoms with Crippen molar-refractivity contribution in [2.75, 3.05) is 23.8 Å². The van der Waals surface area contributed by atoms with Crippen LogP contribution >= 0.6 is 0 Å². The first-order chi connectivity index (χ1) is 21.4. The molecule has 2 aromatic carbocycles. The molecule has 2 amide bonds. The standard InChI is InChI=1S/C33H43N5O7/c1-6-44-31(41)12-11-26-23(15-25(36-30(40)18-39)16-29(26)45-19(2)3)17-35-28-14-21(5)20(4)13-27(28)33(42)37-24-9-7-22(8-10-24)32(34)38-43/h7-10,13-16,19-21,35,39,43H,6,11-12,17-18H2,1-5H3,(H2,34,38)(H,36,40)(H,37,42). The number of anilines is 2. The van der Waals surface area contributed by atoms with Gasteiger partial charge in [0.1, 0.15) is 12.4 Å². The van der Waals surface area contributed by atoms with E-state index in [1.807, 2.05) is 32.9 Å². The third-order valence-electron chi connectivity index (χ3n) is 7.21.